The molecule has 0 aliphatic carbocycles. The monoisotopic (exact) mass is 154 g/mol. The van der Waals surface area contributed by atoms with Gasteiger partial charge in [0, 0.05) is 6.42 Å². The lowest BCUT2D eigenvalue weighted by Crippen LogP contribution is -2.02. The zero-order valence-corrected chi connectivity index (χ0v) is 7.00. The van der Waals surface area contributed by atoms with E-state index in [-0.39, 0.29) is 6.04 Å². The predicted molar refractivity (Wildman–Crippen MR) is 43.1 cm³/mol. The van der Waals surface area contributed by atoms with Gasteiger partial charge in [-0.2, -0.15) is 0 Å². The summed E-state index contributed by atoms with van der Waals surface area (Å²) in [6, 6.07) is -0.0480. The number of oxazole rings is 1. The van der Waals surface area contributed by atoms with Crippen LogP contribution in [0.3, 0.4) is 0 Å². The molecule has 0 aromatic carbocycles. The van der Waals surface area contributed by atoms with Crippen molar-refractivity contribution in [2.45, 2.75) is 32.7 Å². The number of nitrogens with zero attached hydrogens (tertiary/aromatic N) is 1. The maximum atomic E-state index is 5.59. The van der Waals surface area contributed by atoms with Crippen LogP contribution in [-0.2, 0) is 6.42 Å². The molecule has 1 aromatic rings. The average Bonchev–Trinajstić information content (AvgIpc) is 2.37. The van der Waals surface area contributed by atoms with Gasteiger partial charge >= 0.3 is 0 Å². The van der Waals surface area contributed by atoms with Crippen molar-refractivity contribution in [1.29, 1.82) is 0 Å². The molecule has 0 saturated heterocycles. The van der Waals surface area contributed by atoms with Gasteiger partial charge in [0.25, 0.3) is 0 Å². The fourth-order valence-electron chi connectivity index (χ4n) is 0.864. The molecule has 11 heavy (non-hydrogen) atoms. The summed E-state index contributed by atoms with van der Waals surface area (Å²) in [7, 11) is 0. The van der Waals surface area contributed by atoms with Gasteiger partial charge in [-0.25, -0.2) is 4.98 Å². The standard InChI is InChI=1S/C8H14N2O/c1-3-4-8-10-5-7(11-8)6(2)9/h5-6H,3-4,9H2,1-2H3. The minimum absolute atomic E-state index is 0.0480. The summed E-state index contributed by atoms with van der Waals surface area (Å²) in [6.45, 7) is 3.98. The number of aromatic nitrogens is 1. The highest BCUT2D eigenvalue weighted by Gasteiger charge is 2.05. The second kappa shape index (κ2) is 3.53. The first-order chi connectivity index (χ1) is 5.24. The molecular formula is C8H14N2O. The molecule has 1 unspecified atom stereocenters. The molecule has 0 radical (unpaired) electrons. The second-order valence-electron chi connectivity index (χ2n) is 2.70. The summed E-state index contributed by atoms with van der Waals surface area (Å²) >= 11 is 0. The summed E-state index contributed by atoms with van der Waals surface area (Å²) < 4.78 is 5.35. The van der Waals surface area contributed by atoms with Crippen LogP contribution in [0.15, 0.2) is 10.6 Å². The van der Waals surface area contributed by atoms with Crippen LogP contribution in [-0.4, -0.2) is 4.98 Å². The van der Waals surface area contributed by atoms with Gasteiger partial charge in [0.1, 0.15) is 5.76 Å². The largest absolute Gasteiger partial charge is 0.444 e. The third-order valence-corrected chi connectivity index (χ3v) is 1.48. The number of rotatable bonds is 3. The van der Waals surface area contributed by atoms with Gasteiger partial charge in [-0.15, -0.1) is 0 Å². The van der Waals surface area contributed by atoms with E-state index in [2.05, 4.69) is 11.9 Å². The minimum Gasteiger partial charge on any atom is -0.444 e. The van der Waals surface area contributed by atoms with Crippen LogP contribution in [0, 0.1) is 0 Å². The van der Waals surface area contributed by atoms with E-state index in [4.69, 9.17) is 10.2 Å². The predicted octanol–water partition coefficient (Wildman–Crippen LogP) is 1.65. The third-order valence-electron chi connectivity index (χ3n) is 1.48. The normalized spacial score (nSPS) is 13.4. The highest BCUT2D eigenvalue weighted by Crippen LogP contribution is 2.11. The van der Waals surface area contributed by atoms with Gasteiger partial charge in [-0.05, 0) is 13.3 Å². The zero-order chi connectivity index (χ0) is 8.27. The molecular weight excluding hydrogens is 140 g/mol. The summed E-state index contributed by atoms with van der Waals surface area (Å²) in [4.78, 5) is 4.08. The molecule has 1 heterocycles. The zero-order valence-electron chi connectivity index (χ0n) is 7.00. The SMILES string of the molecule is CCCc1ncc(C(C)N)o1. The first-order valence-corrected chi connectivity index (χ1v) is 3.94. The third kappa shape index (κ3) is 2.05. The van der Waals surface area contributed by atoms with E-state index in [1.54, 1.807) is 6.20 Å². The van der Waals surface area contributed by atoms with Crippen LogP contribution < -0.4 is 5.73 Å². The van der Waals surface area contributed by atoms with Crippen molar-refractivity contribution in [3.8, 4) is 0 Å². The number of hydrogen-bond donors (Lipinski definition) is 1. The summed E-state index contributed by atoms with van der Waals surface area (Å²) in [5, 5.41) is 0. The lowest BCUT2D eigenvalue weighted by Gasteiger charge is -1.96. The van der Waals surface area contributed by atoms with Crippen molar-refractivity contribution in [2.75, 3.05) is 0 Å². The average molecular weight is 154 g/mol. The van der Waals surface area contributed by atoms with Gasteiger partial charge in [0.2, 0.25) is 0 Å². The number of hydrogen-bond acceptors (Lipinski definition) is 3. The fraction of sp³-hybridized carbons (Fsp3) is 0.625. The van der Waals surface area contributed by atoms with Crippen molar-refractivity contribution >= 4 is 0 Å². The van der Waals surface area contributed by atoms with Crippen molar-refractivity contribution in [3.05, 3.63) is 17.8 Å². The van der Waals surface area contributed by atoms with E-state index >= 15 is 0 Å². The van der Waals surface area contributed by atoms with Crippen molar-refractivity contribution in [2.24, 2.45) is 5.73 Å². The van der Waals surface area contributed by atoms with Gasteiger partial charge in [-0.3, -0.25) is 0 Å². The number of nitrogens with two attached hydrogens (primary N) is 1. The molecule has 3 heteroatoms. The van der Waals surface area contributed by atoms with Crippen molar-refractivity contribution < 1.29 is 4.42 Å². The Kier molecular flexibility index (Phi) is 2.65. The van der Waals surface area contributed by atoms with Gasteiger partial charge < -0.3 is 10.2 Å². The van der Waals surface area contributed by atoms with E-state index in [0.717, 1.165) is 24.5 Å². The summed E-state index contributed by atoms with van der Waals surface area (Å²) in [5.41, 5.74) is 5.59. The molecule has 2 N–H and O–H groups in total. The molecule has 0 spiro atoms. The fourth-order valence-corrected chi connectivity index (χ4v) is 0.864. The lowest BCUT2D eigenvalue weighted by atomic mass is 10.3. The van der Waals surface area contributed by atoms with Gasteiger partial charge in [-0.1, -0.05) is 6.92 Å². The van der Waals surface area contributed by atoms with Crippen LogP contribution in [0.4, 0.5) is 0 Å². The summed E-state index contributed by atoms with van der Waals surface area (Å²) in [6.07, 6.45) is 3.65. The van der Waals surface area contributed by atoms with Crippen molar-refractivity contribution in [3.63, 3.8) is 0 Å². The van der Waals surface area contributed by atoms with Gasteiger partial charge in [0.15, 0.2) is 5.89 Å². The minimum atomic E-state index is -0.0480. The maximum Gasteiger partial charge on any atom is 0.194 e. The molecule has 1 atom stereocenters. The highest BCUT2D eigenvalue weighted by atomic mass is 16.4. The van der Waals surface area contributed by atoms with Crippen LogP contribution in [0.25, 0.3) is 0 Å². The molecule has 0 fully saturated rings. The Morgan fingerprint density at radius 1 is 1.73 bits per heavy atom. The Balaban J connectivity index is 2.66. The molecule has 0 amide bonds. The van der Waals surface area contributed by atoms with E-state index in [0.29, 0.717) is 0 Å². The second-order valence-corrected chi connectivity index (χ2v) is 2.70. The van der Waals surface area contributed by atoms with E-state index in [1.807, 2.05) is 6.92 Å². The van der Waals surface area contributed by atoms with Gasteiger partial charge in [0.05, 0.1) is 12.2 Å². The molecule has 0 aliphatic rings. The van der Waals surface area contributed by atoms with Crippen molar-refractivity contribution in [1.82, 2.24) is 4.98 Å². The first kappa shape index (κ1) is 8.27. The van der Waals surface area contributed by atoms with E-state index in [1.165, 1.54) is 0 Å². The molecule has 0 bridgehead atoms. The first-order valence-electron chi connectivity index (χ1n) is 3.94. The number of aryl methyl sites for hydroxylation is 1. The maximum absolute atomic E-state index is 5.59. The molecule has 1 rings (SSSR count). The molecule has 0 aliphatic heterocycles. The smallest absolute Gasteiger partial charge is 0.194 e. The molecule has 0 saturated carbocycles. The molecule has 62 valence electrons. The lowest BCUT2D eigenvalue weighted by molar-refractivity contribution is 0.432. The Bertz CT molecular complexity index is 218. The van der Waals surface area contributed by atoms with Crippen LogP contribution in [0.5, 0.6) is 0 Å². The quantitative estimate of drug-likeness (QED) is 0.720. The molecule has 3 nitrogen and oxygen atoms in total. The van der Waals surface area contributed by atoms with Crippen LogP contribution in [0.2, 0.25) is 0 Å². The van der Waals surface area contributed by atoms with E-state index in [9.17, 15) is 0 Å². The Morgan fingerprint density at radius 3 is 2.91 bits per heavy atom. The Morgan fingerprint density at radius 2 is 2.45 bits per heavy atom. The van der Waals surface area contributed by atoms with E-state index < -0.39 is 0 Å². The molecule has 1 aromatic heterocycles. The Labute approximate surface area is 66.6 Å². The summed E-state index contributed by atoms with van der Waals surface area (Å²) in [5.74, 6) is 1.56. The highest BCUT2D eigenvalue weighted by molar-refractivity contribution is 4.98. The van der Waals surface area contributed by atoms with Crippen LogP contribution in [0.1, 0.15) is 38.0 Å². The van der Waals surface area contributed by atoms with Crippen LogP contribution >= 0.6 is 0 Å². The Hall–Kier alpha value is -0.830. The topological polar surface area (TPSA) is 52.0 Å².